The summed E-state index contributed by atoms with van der Waals surface area (Å²) in [5.41, 5.74) is 2.61. The Morgan fingerprint density at radius 2 is 1.75 bits per heavy atom. The fourth-order valence-corrected chi connectivity index (χ4v) is 4.16. The standard InChI is InChI=1S/C27H23FN4O4/c1-15(16-5-11-23(35-2)24(13-16)36-3)30-26(33)17-4-10-22-20(12-17)25-21(14-29-22)27(34)32(31-25)19-8-6-18(28)7-9-19/h4-15,31H,1-3H3,(H,30,33)/t15-/m1/s1. The molecule has 0 fully saturated rings. The van der Waals surface area contributed by atoms with Crippen molar-refractivity contribution in [3.8, 4) is 17.2 Å². The van der Waals surface area contributed by atoms with Crippen LogP contribution in [0.15, 0.2) is 71.7 Å². The number of fused-ring (bicyclic) bond motifs is 3. The first-order chi connectivity index (χ1) is 17.4. The number of ether oxygens (including phenoxy) is 2. The molecule has 9 heteroatoms. The van der Waals surface area contributed by atoms with E-state index in [4.69, 9.17) is 9.47 Å². The minimum Gasteiger partial charge on any atom is -0.493 e. The van der Waals surface area contributed by atoms with Crippen LogP contribution < -0.4 is 20.3 Å². The van der Waals surface area contributed by atoms with Gasteiger partial charge in [0, 0.05) is 17.1 Å². The summed E-state index contributed by atoms with van der Waals surface area (Å²) in [5.74, 6) is 0.502. The summed E-state index contributed by atoms with van der Waals surface area (Å²) >= 11 is 0. The zero-order valence-electron chi connectivity index (χ0n) is 19.8. The molecule has 0 saturated carbocycles. The zero-order valence-corrected chi connectivity index (χ0v) is 19.8. The van der Waals surface area contributed by atoms with Gasteiger partial charge in [-0.3, -0.25) is 19.7 Å². The van der Waals surface area contributed by atoms with Gasteiger partial charge in [0.15, 0.2) is 11.5 Å². The van der Waals surface area contributed by atoms with Crippen LogP contribution in [0.3, 0.4) is 0 Å². The number of rotatable bonds is 6. The van der Waals surface area contributed by atoms with Crippen molar-refractivity contribution < 1.29 is 18.7 Å². The SMILES string of the molecule is COc1ccc([C@@H](C)NC(=O)c2ccc3ncc4c(=O)n(-c5ccc(F)cc5)[nH]c4c3c2)cc1OC. The summed E-state index contributed by atoms with van der Waals surface area (Å²) in [6.07, 6.45) is 1.50. The average molecular weight is 487 g/mol. The van der Waals surface area contributed by atoms with Crippen LogP contribution in [0, 0.1) is 5.82 Å². The molecule has 2 heterocycles. The second-order valence-electron chi connectivity index (χ2n) is 8.32. The number of benzene rings is 3. The fourth-order valence-electron chi connectivity index (χ4n) is 4.16. The molecule has 1 amide bonds. The van der Waals surface area contributed by atoms with Gasteiger partial charge >= 0.3 is 0 Å². The molecule has 5 rings (SSSR count). The maximum Gasteiger partial charge on any atom is 0.280 e. The minimum absolute atomic E-state index is 0.281. The second kappa shape index (κ2) is 9.18. The van der Waals surface area contributed by atoms with Crippen molar-refractivity contribution in [1.82, 2.24) is 20.1 Å². The Kier molecular flexibility index (Phi) is 5.89. The lowest BCUT2D eigenvalue weighted by atomic mass is 10.1. The van der Waals surface area contributed by atoms with Gasteiger partial charge in [-0.05, 0) is 67.1 Å². The van der Waals surface area contributed by atoms with Crippen LogP contribution in [-0.2, 0) is 0 Å². The van der Waals surface area contributed by atoms with Gasteiger partial charge in [-0.25, -0.2) is 9.07 Å². The highest BCUT2D eigenvalue weighted by Crippen LogP contribution is 2.30. The summed E-state index contributed by atoms with van der Waals surface area (Å²) in [6.45, 7) is 1.88. The van der Waals surface area contributed by atoms with Gasteiger partial charge in [0.05, 0.1) is 42.4 Å². The number of pyridine rings is 1. The molecule has 0 aliphatic carbocycles. The number of aromatic amines is 1. The van der Waals surface area contributed by atoms with Crippen molar-refractivity contribution >= 4 is 27.7 Å². The van der Waals surface area contributed by atoms with Crippen LogP contribution in [0.2, 0.25) is 0 Å². The van der Waals surface area contributed by atoms with Crippen molar-refractivity contribution in [1.29, 1.82) is 0 Å². The predicted octanol–water partition coefficient (Wildman–Crippen LogP) is 4.51. The number of nitrogens with zero attached hydrogens (tertiary/aromatic N) is 2. The second-order valence-corrected chi connectivity index (χ2v) is 8.32. The normalized spacial score (nSPS) is 12.0. The smallest absolute Gasteiger partial charge is 0.280 e. The van der Waals surface area contributed by atoms with Crippen molar-refractivity contribution in [2.45, 2.75) is 13.0 Å². The van der Waals surface area contributed by atoms with Crippen molar-refractivity contribution in [2.24, 2.45) is 0 Å². The van der Waals surface area contributed by atoms with Gasteiger partial charge in [0.1, 0.15) is 5.82 Å². The first-order valence-corrected chi connectivity index (χ1v) is 11.2. The minimum atomic E-state index is -0.395. The lowest BCUT2D eigenvalue weighted by Crippen LogP contribution is -2.26. The molecule has 36 heavy (non-hydrogen) atoms. The number of aromatic nitrogens is 3. The first kappa shape index (κ1) is 23.1. The quantitative estimate of drug-likeness (QED) is 0.368. The summed E-state index contributed by atoms with van der Waals surface area (Å²) in [5, 5.41) is 7.06. The maximum atomic E-state index is 13.3. The summed E-state index contributed by atoms with van der Waals surface area (Å²) in [4.78, 5) is 30.5. The summed E-state index contributed by atoms with van der Waals surface area (Å²) < 4.78 is 25.3. The van der Waals surface area contributed by atoms with Gasteiger partial charge in [0.2, 0.25) is 0 Å². The zero-order chi connectivity index (χ0) is 25.4. The average Bonchev–Trinajstić information content (AvgIpc) is 3.24. The molecule has 2 N–H and O–H groups in total. The molecule has 3 aromatic carbocycles. The number of methoxy groups -OCH3 is 2. The van der Waals surface area contributed by atoms with E-state index in [2.05, 4.69) is 15.4 Å². The van der Waals surface area contributed by atoms with E-state index < -0.39 is 5.82 Å². The molecular formula is C27H23FN4O4. The number of hydrogen-bond acceptors (Lipinski definition) is 5. The molecule has 1 atom stereocenters. The van der Waals surface area contributed by atoms with Crippen LogP contribution in [0.1, 0.15) is 28.9 Å². The summed E-state index contributed by atoms with van der Waals surface area (Å²) in [7, 11) is 3.12. The van der Waals surface area contributed by atoms with Crippen LogP contribution in [0.4, 0.5) is 4.39 Å². The topological polar surface area (TPSA) is 98.2 Å². The number of carbonyl (C=O) groups is 1. The molecule has 0 unspecified atom stereocenters. The van der Waals surface area contributed by atoms with Gasteiger partial charge in [0.25, 0.3) is 11.5 Å². The Bertz CT molecular complexity index is 1660. The lowest BCUT2D eigenvalue weighted by molar-refractivity contribution is 0.0940. The molecule has 2 aromatic heterocycles. The Balaban J connectivity index is 1.49. The van der Waals surface area contributed by atoms with E-state index >= 15 is 0 Å². The van der Waals surface area contributed by atoms with Gasteiger partial charge < -0.3 is 14.8 Å². The van der Waals surface area contributed by atoms with E-state index in [-0.39, 0.29) is 17.5 Å². The van der Waals surface area contributed by atoms with E-state index in [1.807, 2.05) is 19.1 Å². The monoisotopic (exact) mass is 486 g/mol. The molecule has 0 radical (unpaired) electrons. The Labute approximate surface area is 205 Å². The molecule has 0 saturated heterocycles. The number of H-pyrrole nitrogens is 1. The third kappa shape index (κ3) is 4.04. The van der Waals surface area contributed by atoms with E-state index in [0.717, 1.165) is 5.56 Å². The third-order valence-corrected chi connectivity index (χ3v) is 6.13. The predicted molar refractivity (Wildman–Crippen MR) is 135 cm³/mol. The van der Waals surface area contributed by atoms with Gasteiger partial charge in [-0.1, -0.05) is 6.07 Å². The van der Waals surface area contributed by atoms with E-state index in [1.165, 1.54) is 35.1 Å². The Morgan fingerprint density at radius 3 is 2.47 bits per heavy atom. The van der Waals surface area contributed by atoms with Gasteiger partial charge in [-0.15, -0.1) is 0 Å². The number of halogens is 1. The van der Waals surface area contributed by atoms with Crippen molar-refractivity contribution in [3.63, 3.8) is 0 Å². The number of hydrogen-bond donors (Lipinski definition) is 2. The molecule has 5 aromatic rings. The number of carbonyl (C=O) groups excluding carboxylic acids is 1. The van der Waals surface area contributed by atoms with Crippen molar-refractivity contribution in [2.75, 3.05) is 14.2 Å². The van der Waals surface area contributed by atoms with Crippen LogP contribution in [0.25, 0.3) is 27.5 Å². The highest BCUT2D eigenvalue weighted by Gasteiger charge is 2.17. The van der Waals surface area contributed by atoms with E-state index in [9.17, 15) is 14.0 Å². The molecule has 0 bridgehead atoms. The van der Waals surface area contributed by atoms with Gasteiger partial charge in [-0.2, -0.15) is 0 Å². The Hall–Kier alpha value is -4.66. The van der Waals surface area contributed by atoms with Crippen molar-refractivity contribution in [3.05, 3.63) is 94.2 Å². The Morgan fingerprint density at radius 1 is 1.00 bits per heavy atom. The first-order valence-electron chi connectivity index (χ1n) is 11.2. The molecule has 8 nitrogen and oxygen atoms in total. The van der Waals surface area contributed by atoms with Crippen LogP contribution in [-0.4, -0.2) is 34.9 Å². The highest BCUT2D eigenvalue weighted by atomic mass is 19.1. The number of nitrogens with one attached hydrogen (secondary N) is 2. The molecule has 0 spiro atoms. The maximum absolute atomic E-state index is 13.3. The molecular weight excluding hydrogens is 463 g/mol. The van der Waals surface area contributed by atoms with E-state index in [1.54, 1.807) is 38.5 Å². The summed E-state index contributed by atoms with van der Waals surface area (Å²) in [6, 6.07) is 15.9. The van der Waals surface area contributed by atoms with Crippen LogP contribution in [0.5, 0.6) is 11.5 Å². The molecule has 0 aliphatic rings. The lowest BCUT2D eigenvalue weighted by Gasteiger charge is -2.17. The molecule has 0 aliphatic heterocycles. The highest BCUT2D eigenvalue weighted by molar-refractivity contribution is 6.06. The fraction of sp³-hybridized carbons (Fsp3) is 0.148. The molecule has 182 valence electrons. The van der Waals surface area contributed by atoms with E-state index in [0.29, 0.717) is 44.6 Å². The largest absolute Gasteiger partial charge is 0.493 e. The third-order valence-electron chi connectivity index (χ3n) is 6.13. The van der Waals surface area contributed by atoms with Crippen LogP contribution >= 0.6 is 0 Å². The number of amides is 1.